The van der Waals surface area contributed by atoms with Crippen molar-refractivity contribution >= 4 is 38.0 Å². The first-order valence-corrected chi connectivity index (χ1v) is 11.4. The Balaban J connectivity index is 1.60. The van der Waals surface area contributed by atoms with E-state index in [2.05, 4.69) is 5.32 Å². The molecule has 1 N–H and O–H groups in total. The van der Waals surface area contributed by atoms with Gasteiger partial charge < -0.3 is 9.88 Å². The van der Waals surface area contributed by atoms with Crippen molar-refractivity contribution < 1.29 is 18.1 Å². The third-order valence-corrected chi connectivity index (χ3v) is 6.67. The SMILES string of the molecule is O=C(Cn1cc(S(=O)(=O)Cc2ccccc2)c2ccccc21)Nc1ccc([N+](=O)[O-])cc1. The molecule has 0 saturated heterocycles. The monoisotopic (exact) mass is 449 g/mol. The van der Waals surface area contributed by atoms with Crippen LogP contribution < -0.4 is 5.32 Å². The Hall–Kier alpha value is -3.98. The summed E-state index contributed by atoms with van der Waals surface area (Å²) in [6.07, 6.45) is 1.48. The summed E-state index contributed by atoms with van der Waals surface area (Å²) in [4.78, 5) is 23.0. The standard InChI is InChI=1S/C23H19N3O5S/c27-23(24-18-10-12-19(13-11-18)26(28)29)15-25-14-22(20-8-4-5-9-21(20)25)32(30,31)16-17-6-2-1-3-7-17/h1-14H,15-16H2,(H,24,27). The number of benzene rings is 3. The fourth-order valence-corrected chi connectivity index (χ4v) is 5.07. The number of para-hydroxylation sites is 1. The van der Waals surface area contributed by atoms with Gasteiger partial charge in [-0.3, -0.25) is 14.9 Å². The molecule has 162 valence electrons. The van der Waals surface area contributed by atoms with Crippen molar-refractivity contribution in [1.82, 2.24) is 4.57 Å². The number of amides is 1. The van der Waals surface area contributed by atoms with Gasteiger partial charge in [-0.2, -0.15) is 0 Å². The van der Waals surface area contributed by atoms with Crippen molar-refractivity contribution in [2.24, 2.45) is 0 Å². The molecular weight excluding hydrogens is 430 g/mol. The minimum atomic E-state index is -3.64. The van der Waals surface area contributed by atoms with Crippen molar-refractivity contribution in [3.05, 3.63) is 101 Å². The summed E-state index contributed by atoms with van der Waals surface area (Å²) >= 11 is 0. The van der Waals surface area contributed by atoms with Crippen molar-refractivity contribution in [1.29, 1.82) is 0 Å². The van der Waals surface area contributed by atoms with Gasteiger partial charge in [0.05, 0.1) is 15.6 Å². The Labute approximate surface area is 184 Å². The first-order chi connectivity index (χ1) is 15.3. The summed E-state index contributed by atoms with van der Waals surface area (Å²) in [7, 11) is -3.64. The molecule has 0 aliphatic heterocycles. The van der Waals surface area contributed by atoms with Gasteiger partial charge in [0.15, 0.2) is 9.84 Å². The van der Waals surface area contributed by atoms with E-state index in [1.54, 1.807) is 53.1 Å². The van der Waals surface area contributed by atoms with Crippen molar-refractivity contribution in [3.8, 4) is 0 Å². The molecule has 0 saturated carbocycles. The van der Waals surface area contributed by atoms with E-state index in [0.29, 0.717) is 22.2 Å². The van der Waals surface area contributed by atoms with Crippen LogP contribution in [0.4, 0.5) is 11.4 Å². The van der Waals surface area contributed by atoms with Gasteiger partial charge >= 0.3 is 0 Å². The molecule has 0 fully saturated rings. The molecule has 0 unspecified atom stereocenters. The van der Waals surface area contributed by atoms with Crippen LogP contribution >= 0.6 is 0 Å². The Morgan fingerprint density at radius 1 is 0.938 bits per heavy atom. The highest BCUT2D eigenvalue weighted by molar-refractivity contribution is 7.90. The second-order valence-corrected chi connectivity index (χ2v) is 9.19. The van der Waals surface area contributed by atoms with Crippen LogP contribution in [0.5, 0.6) is 0 Å². The molecule has 4 rings (SSSR count). The fraction of sp³-hybridized carbons (Fsp3) is 0.0870. The number of fused-ring (bicyclic) bond motifs is 1. The summed E-state index contributed by atoms with van der Waals surface area (Å²) in [5, 5.41) is 14.0. The minimum absolute atomic E-state index is 0.0762. The Morgan fingerprint density at radius 3 is 2.28 bits per heavy atom. The van der Waals surface area contributed by atoms with Crippen LogP contribution in [-0.4, -0.2) is 23.8 Å². The normalized spacial score (nSPS) is 11.4. The van der Waals surface area contributed by atoms with E-state index >= 15 is 0 Å². The van der Waals surface area contributed by atoms with Gasteiger partial charge in [0.2, 0.25) is 5.91 Å². The zero-order valence-electron chi connectivity index (χ0n) is 16.8. The lowest BCUT2D eigenvalue weighted by Gasteiger charge is -2.07. The number of rotatable bonds is 7. The molecule has 9 heteroatoms. The Morgan fingerprint density at radius 2 is 1.59 bits per heavy atom. The van der Waals surface area contributed by atoms with E-state index in [4.69, 9.17) is 0 Å². The van der Waals surface area contributed by atoms with Crippen LogP contribution in [-0.2, 0) is 26.9 Å². The van der Waals surface area contributed by atoms with Gasteiger partial charge in [-0.1, -0.05) is 48.5 Å². The van der Waals surface area contributed by atoms with E-state index in [-0.39, 0.29) is 28.8 Å². The molecule has 0 aliphatic rings. The highest BCUT2D eigenvalue weighted by Crippen LogP contribution is 2.28. The number of hydrogen-bond donors (Lipinski definition) is 1. The quantitative estimate of drug-likeness (QED) is 0.336. The third-order valence-electron chi connectivity index (χ3n) is 4.96. The van der Waals surface area contributed by atoms with Gasteiger partial charge in [0.25, 0.3) is 5.69 Å². The zero-order chi connectivity index (χ0) is 22.7. The van der Waals surface area contributed by atoms with E-state index in [0.717, 1.165) is 0 Å². The molecule has 8 nitrogen and oxygen atoms in total. The summed E-state index contributed by atoms with van der Waals surface area (Å²) in [5.74, 6) is -0.525. The summed E-state index contributed by atoms with van der Waals surface area (Å²) < 4.78 is 27.8. The van der Waals surface area contributed by atoms with E-state index in [1.807, 2.05) is 6.07 Å². The molecule has 0 radical (unpaired) electrons. The molecule has 1 amide bonds. The maximum absolute atomic E-state index is 13.1. The second-order valence-electron chi connectivity index (χ2n) is 7.24. The van der Waals surface area contributed by atoms with Crippen LogP contribution in [0.1, 0.15) is 5.56 Å². The van der Waals surface area contributed by atoms with Gasteiger partial charge in [0.1, 0.15) is 6.54 Å². The van der Waals surface area contributed by atoms with Gasteiger partial charge in [-0.25, -0.2) is 8.42 Å². The van der Waals surface area contributed by atoms with E-state index in [1.165, 1.54) is 30.5 Å². The molecule has 4 aromatic rings. The molecule has 3 aromatic carbocycles. The second kappa shape index (κ2) is 8.64. The zero-order valence-corrected chi connectivity index (χ0v) is 17.7. The number of non-ortho nitro benzene ring substituents is 1. The molecule has 0 spiro atoms. The van der Waals surface area contributed by atoms with Crippen LogP contribution in [0.3, 0.4) is 0 Å². The van der Waals surface area contributed by atoms with Crippen LogP contribution in [0.2, 0.25) is 0 Å². The maximum atomic E-state index is 13.1. The number of nitrogens with one attached hydrogen (secondary N) is 1. The molecule has 1 aromatic heterocycles. The van der Waals surface area contributed by atoms with Gasteiger partial charge in [0, 0.05) is 34.9 Å². The predicted molar refractivity (Wildman–Crippen MR) is 121 cm³/mol. The Bertz CT molecular complexity index is 1390. The highest BCUT2D eigenvalue weighted by atomic mass is 32.2. The average Bonchev–Trinajstić information content (AvgIpc) is 3.14. The van der Waals surface area contributed by atoms with Gasteiger partial charge in [-0.05, 0) is 23.8 Å². The first-order valence-electron chi connectivity index (χ1n) is 9.72. The van der Waals surface area contributed by atoms with Crippen LogP contribution in [0.25, 0.3) is 10.9 Å². The molecule has 0 bridgehead atoms. The average molecular weight is 449 g/mol. The summed E-state index contributed by atoms with van der Waals surface area (Å²) in [5.41, 5.74) is 1.64. The van der Waals surface area contributed by atoms with Gasteiger partial charge in [-0.15, -0.1) is 0 Å². The minimum Gasteiger partial charge on any atom is -0.337 e. The van der Waals surface area contributed by atoms with E-state index in [9.17, 15) is 23.3 Å². The van der Waals surface area contributed by atoms with Crippen LogP contribution in [0, 0.1) is 10.1 Å². The number of hydrogen-bond acceptors (Lipinski definition) is 5. The number of anilines is 1. The maximum Gasteiger partial charge on any atom is 0.269 e. The van der Waals surface area contributed by atoms with Crippen molar-refractivity contribution in [2.45, 2.75) is 17.2 Å². The lowest BCUT2D eigenvalue weighted by molar-refractivity contribution is -0.384. The molecule has 0 aliphatic carbocycles. The number of nitro groups is 1. The highest BCUT2D eigenvalue weighted by Gasteiger charge is 2.22. The predicted octanol–water partition coefficient (Wildman–Crippen LogP) is 4.16. The third kappa shape index (κ3) is 4.52. The number of nitrogens with zero attached hydrogens (tertiary/aromatic N) is 2. The summed E-state index contributed by atoms with van der Waals surface area (Å²) in [6.45, 7) is -0.113. The van der Waals surface area contributed by atoms with Crippen LogP contribution in [0.15, 0.2) is 90.0 Å². The largest absolute Gasteiger partial charge is 0.337 e. The number of carbonyl (C=O) groups is 1. The Kier molecular flexibility index (Phi) is 5.74. The molecule has 32 heavy (non-hydrogen) atoms. The lowest BCUT2D eigenvalue weighted by Crippen LogP contribution is -2.18. The number of aromatic nitrogens is 1. The first kappa shape index (κ1) is 21.3. The topological polar surface area (TPSA) is 111 Å². The number of carbonyl (C=O) groups excluding carboxylic acids is 1. The fourth-order valence-electron chi connectivity index (χ4n) is 3.48. The van der Waals surface area contributed by atoms with Crippen molar-refractivity contribution in [2.75, 3.05) is 5.32 Å². The van der Waals surface area contributed by atoms with Crippen molar-refractivity contribution in [3.63, 3.8) is 0 Å². The smallest absolute Gasteiger partial charge is 0.269 e. The van der Waals surface area contributed by atoms with E-state index < -0.39 is 14.8 Å². The number of nitro benzene ring substituents is 1. The molecule has 0 atom stereocenters. The summed E-state index contributed by atoms with van der Waals surface area (Å²) in [6, 6.07) is 21.4. The molecular formula is C23H19N3O5S. The lowest BCUT2D eigenvalue weighted by atomic mass is 10.2. The molecule has 1 heterocycles. The number of sulfone groups is 1.